The van der Waals surface area contributed by atoms with Crippen LogP contribution in [0.5, 0.6) is 0 Å². The molecule has 0 spiro atoms. The molecule has 0 aliphatic carbocycles. The van der Waals surface area contributed by atoms with Gasteiger partial charge in [-0.25, -0.2) is 0 Å². The lowest BCUT2D eigenvalue weighted by Crippen LogP contribution is -2.22. The zero-order valence-electron chi connectivity index (χ0n) is 9.65. The fraction of sp³-hybridized carbons (Fsp3) is 0.818. The number of anilines is 1. The molecule has 88 valence electrons. The van der Waals surface area contributed by atoms with Crippen molar-refractivity contribution >= 4 is 5.95 Å². The molecule has 0 radical (unpaired) electrons. The van der Waals surface area contributed by atoms with Gasteiger partial charge in [0.05, 0.1) is 5.92 Å². The molecule has 1 aromatic rings. The lowest BCUT2D eigenvalue weighted by molar-refractivity contribution is 0.344. The molecule has 2 atom stereocenters. The lowest BCUT2D eigenvalue weighted by atomic mass is 10.0. The number of nitrogens with one attached hydrogen (secondary N) is 1. The van der Waals surface area contributed by atoms with Gasteiger partial charge in [-0.2, -0.15) is 4.98 Å². The molecule has 2 saturated heterocycles. The molecule has 1 N–H and O–H groups in total. The third kappa shape index (κ3) is 1.69. The Bertz CT molecular complexity index is 359. The second kappa shape index (κ2) is 4.05. The van der Waals surface area contributed by atoms with Gasteiger partial charge in [-0.05, 0) is 37.9 Å². The molecule has 16 heavy (non-hydrogen) atoms. The minimum atomic E-state index is 0.392. The summed E-state index contributed by atoms with van der Waals surface area (Å²) in [6.07, 6.45) is 3.58. The Labute approximate surface area is 95.2 Å². The van der Waals surface area contributed by atoms with Crippen LogP contribution in [0.4, 0.5) is 5.95 Å². The topological polar surface area (TPSA) is 54.2 Å². The molecule has 2 aliphatic rings. The van der Waals surface area contributed by atoms with E-state index in [9.17, 15) is 0 Å². The first-order valence-corrected chi connectivity index (χ1v) is 6.16. The first-order valence-electron chi connectivity index (χ1n) is 6.16. The van der Waals surface area contributed by atoms with Crippen molar-refractivity contribution in [3.63, 3.8) is 0 Å². The van der Waals surface area contributed by atoms with E-state index in [0.717, 1.165) is 37.9 Å². The molecule has 5 nitrogen and oxygen atoms in total. The highest BCUT2D eigenvalue weighted by Crippen LogP contribution is 2.28. The molecule has 0 aromatic carbocycles. The third-order valence-electron chi connectivity index (χ3n) is 3.66. The summed E-state index contributed by atoms with van der Waals surface area (Å²) in [6.45, 7) is 5.36. The van der Waals surface area contributed by atoms with Crippen LogP contribution in [0.15, 0.2) is 4.52 Å². The lowest BCUT2D eigenvalue weighted by Gasteiger charge is -2.11. The summed E-state index contributed by atoms with van der Waals surface area (Å²) in [5.41, 5.74) is 0. The van der Waals surface area contributed by atoms with E-state index in [1.165, 1.54) is 12.8 Å². The maximum Gasteiger partial charge on any atom is 0.266 e. The maximum atomic E-state index is 5.39. The number of hydrogen-bond donors (Lipinski definition) is 1. The Morgan fingerprint density at radius 3 is 2.88 bits per heavy atom. The first kappa shape index (κ1) is 10.1. The van der Waals surface area contributed by atoms with E-state index in [1.807, 2.05) is 0 Å². The Morgan fingerprint density at radius 2 is 2.19 bits per heavy atom. The number of hydrogen-bond acceptors (Lipinski definition) is 5. The van der Waals surface area contributed by atoms with Crippen LogP contribution in [0.25, 0.3) is 0 Å². The van der Waals surface area contributed by atoms with Crippen LogP contribution in [-0.2, 0) is 0 Å². The zero-order chi connectivity index (χ0) is 11.0. The van der Waals surface area contributed by atoms with Gasteiger partial charge in [-0.1, -0.05) is 0 Å². The van der Waals surface area contributed by atoms with E-state index in [-0.39, 0.29) is 0 Å². The smallest absolute Gasteiger partial charge is 0.266 e. The van der Waals surface area contributed by atoms with Crippen molar-refractivity contribution in [2.45, 2.75) is 38.1 Å². The van der Waals surface area contributed by atoms with E-state index < -0.39 is 0 Å². The zero-order valence-corrected chi connectivity index (χ0v) is 9.65. The largest absolute Gasteiger partial charge is 0.338 e. The van der Waals surface area contributed by atoms with Crippen LogP contribution < -0.4 is 10.2 Å². The molecule has 2 fully saturated rings. The maximum absolute atomic E-state index is 5.39. The molecule has 3 heterocycles. The molecule has 2 unspecified atom stereocenters. The summed E-state index contributed by atoms with van der Waals surface area (Å²) in [4.78, 5) is 6.74. The summed E-state index contributed by atoms with van der Waals surface area (Å²) < 4.78 is 5.39. The van der Waals surface area contributed by atoms with Gasteiger partial charge in [-0.15, -0.1) is 0 Å². The Kier molecular flexibility index (Phi) is 2.55. The number of aromatic nitrogens is 2. The average molecular weight is 222 g/mol. The van der Waals surface area contributed by atoms with Crippen molar-refractivity contribution in [1.29, 1.82) is 0 Å². The van der Waals surface area contributed by atoms with Crippen molar-refractivity contribution in [2.75, 3.05) is 24.5 Å². The summed E-state index contributed by atoms with van der Waals surface area (Å²) >= 11 is 0. The quantitative estimate of drug-likeness (QED) is 0.813. The number of nitrogens with zero attached hydrogens (tertiary/aromatic N) is 3. The van der Waals surface area contributed by atoms with E-state index in [0.29, 0.717) is 12.0 Å². The van der Waals surface area contributed by atoms with Gasteiger partial charge >= 0.3 is 0 Å². The molecular weight excluding hydrogens is 204 g/mol. The van der Waals surface area contributed by atoms with E-state index in [2.05, 4.69) is 27.3 Å². The molecule has 0 amide bonds. The monoisotopic (exact) mass is 222 g/mol. The fourth-order valence-corrected chi connectivity index (χ4v) is 2.62. The molecule has 5 heteroatoms. The van der Waals surface area contributed by atoms with E-state index in [4.69, 9.17) is 4.52 Å². The minimum Gasteiger partial charge on any atom is -0.338 e. The van der Waals surface area contributed by atoms with Crippen LogP contribution in [0, 0.1) is 0 Å². The summed E-state index contributed by atoms with van der Waals surface area (Å²) in [7, 11) is 0. The van der Waals surface area contributed by atoms with Crippen LogP contribution in [0.3, 0.4) is 0 Å². The van der Waals surface area contributed by atoms with Gasteiger partial charge in [0.15, 0.2) is 0 Å². The Morgan fingerprint density at radius 1 is 1.38 bits per heavy atom. The Balaban J connectivity index is 1.76. The van der Waals surface area contributed by atoms with Crippen LogP contribution in [-0.4, -0.2) is 35.8 Å². The van der Waals surface area contributed by atoms with Gasteiger partial charge in [0.1, 0.15) is 0 Å². The van der Waals surface area contributed by atoms with Crippen molar-refractivity contribution in [1.82, 2.24) is 15.5 Å². The van der Waals surface area contributed by atoms with Crippen LogP contribution in [0.2, 0.25) is 0 Å². The van der Waals surface area contributed by atoms with E-state index >= 15 is 0 Å². The van der Waals surface area contributed by atoms with Gasteiger partial charge < -0.3 is 14.7 Å². The molecule has 0 saturated carbocycles. The average Bonchev–Trinajstić information content (AvgIpc) is 2.96. The summed E-state index contributed by atoms with van der Waals surface area (Å²) in [5, 5.41) is 7.49. The molecule has 2 aliphatic heterocycles. The van der Waals surface area contributed by atoms with Gasteiger partial charge in [0.2, 0.25) is 5.89 Å². The first-order chi connectivity index (χ1) is 7.84. The molecule has 0 bridgehead atoms. The highest BCUT2D eigenvalue weighted by atomic mass is 16.5. The summed E-state index contributed by atoms with van der Waals surface area (Å²) in [5.74, 6) is 1.98. The second-order valence-corrected chi connectivity index (χ2v) is 4.76. The van der Waals surface area contributed by atoms with Crippen molar-refractivity contribution < 1.29 is 4.52 Å². The van der Waals surface area contributed by atoms with Gasteiger partial charge in [0.25, 0.3) is 5.95 Å². The predicted octanol–water partition coefficient (Wildman–Crippen LogP) is 1.14. The third-order valence-corrected chi connectivity index (χ3v) is 3.66. The van der Waals surface area contributed by atoms with E-state index in [1.54, 1.807) is 0 Å². The highest BCUT2D eigenvalue weighted by Gasteiger charge is 2.30. The number of rotatable bonds is 2. The molecule has 3 rings (SSSR count). The van der Waals surface area contributed by atoms with Crippen LogP contribution >= 0.6 is 0 Å². The van der Waals surface area contributed by atoms with Crippen molar-refractivity contribution in [3.8, 4) is 0 Å². The van der Waals surface area contributed by atoms with Gasteiger partial charge in [-0.3, -0.25) is 0 Å². The predicted molar refractivity (Wildman–Crippen MR) is 60.6 cm³/mol. The van der Waals surface area contributed by atoms with Crippen LogP contribution in [0.1, 0.15) is 38.0 Å². The molecular formula is C11H18N4O. The van der Waals surface area contributed by atoms with Crippen molar-refractivity contribution in [3.05, 3.63) is 5.89 Å². The minimum absolute atomic E-state index is 0.392. The molecule has 1 aromatic heterocycles. The van der Waals surface area contributed by atoms with Crippen molar-refractivity contribution in [2.24, 2.45) is 0 Å². The normalized spacial score (nSPS) is 30.2. The standard InChI is InChI=1S/C11H18N4O/c1-8-9(4-5-12-8)10-13-11(14-16-10)15-6-2-3-7-15/h8-9,12H,2-7H2,1H3. The SMILES string of the molecule is CC1NCCC1c1nc(N2CCCC2)no1. The second-order valence-electron chi connectivity index (χ2n) is 4.76. The van der Waals surface area contributed by atoms with Gasteiger partial charge in [0, 0.05) is 19.1 Å². The summed E-state index contributed by atoms with van der Waals surface area (Å²) in [6, 6.07) is 0.451. The Hall–Kier alpha value is -1.10. The highest BCUT2D eigenvalue weighted by molar-refractivity contribution is 5.29. The fourth-order valence-electron chi connectivity index (χ4n) is 2.62.